The highest BCUT2D eigenvalue weighted by Crippen LogP contribution is 2.22. The van der Waals surface area contributed by atoms with Crippen molar-refractivity contribution >= 4 is 17.4 Å². The summed E-state index contributed by atoms with van der Waals surface area (Å²) >= 11 is 0. The molecule has 0 unspecified atom stereocenters. The highest BCUT2D eigenvalue weighted by Gasteiger charge is 2.29. The summed E-state index contributed by atoms with van der Waals surface area (Å²) < 4.78 is 5.61. The molecule has 0 spiro atoms. The lowest BCUT2D eigenvalue weighted by Crippen LogP contribution is -2.57. The van der Waals surface area contributed by atoms with Crippen LogP contribution >= 0.6 is 0 Å². The number of benzene rings is 1. The average molecular weight is 446 g/mol. The third-order valence-corrected chi connectivity index (χ3v) is 5.36. The topological polar surface area (TPSA) is 99.4 Å². The molecule has 170 valence electrons. The van der Waals surface area contributed by atoms with Gasteiger partial charge in [-0.05, 0) is 48.4 Å². The van der Waals surface area contributed by atoms with E-state index in [-0.39, 0.29) is 17.5 Å². The predicted octanol–water partition coefficient (Wildman–Crippen LogP) is 3.13. The van der Waals surface area contributed by atoms with E-state index in [0.29, 0.717) is 31.8 Å². The maximum atomic E-state index is 12.3. The molecule has 0 radical (unpaired) electrons. The van der Waals surface area contributed by atoms with Gasteiger partial charge in [0.05, 0.1) is 12.6 Å². The van der Waals surface area contributed by atoms with Crippen LogP contribution in [0.4, 0.5) is 11.5 Å². The first kappa shape index (κ1) is 22.1. The van der Waals surface area contributed by atoms with E-state index < -0.39 is 0 Å². The van der Waals surface area contributed by atoms with E-state index in [1.165, 1.54) is 0 Å². The molecule has 1 amide bonds. The van der Waals surface area contributed by atoms with Crippen LogP contribution in [0.25, 0.3) is 11.1 Å². The van der Waals surface area contributed by atoms with Crippen molar-refractivity contribution in [1.29, 1.82) is 0 Å². The molecule has 1 aliphatic heterocycles. The molecular formula is C25H27N5O3. The number of hydrogen-bond donors (Lipinski definition) is 3. The number of carbonyl (C=O) groups excluding carboxylic acids is 1. The Labute approximate surface area is 192 Å². The van der Waals surface area contributed by atoms with Crippen molar-refractivity contribution in [2.24, 2.45) is 0 Å². The number of nitrogens with zero attached hydrogens (tertiary/aromatic N) is 2. The van der Waals surface area contributed by atoms with Gasteiger partial charge in [-0.1, -0.05) is 24.3 Å². The molecule has 8 nitrogen and oxygen atoms in total. The van der Waals surface area contributed by atoms with Crippen LogP contribution in [-0.2, 0) is 4.79 Å². The lowest BCUT2D eigenvalue weighted by atomic mass is 10.1. The molecule has 3 heterocycles. The number of likely N-dealkylation sites (tertiary alicyclic amines) is 1. The second-order valence-corrected chi connectivity index (χ2v) is 7.75. The van der Waals surface area contributed by atoms with Gasteiger partial charge < -0.3 is 25.3 Å². The first-order chi connectivity index (χ1) is 16.1. The smallest absolute Gasteiger partial charge is 0.271 e. The minimum atomic E-state index is -0.190. The molecule has 3 aromatic rings. The summed E-state index contributed by atoms with van der Waals surface area (Å²) in [4.78, 5) is 33.3. The number of aromatic amines is 1. The zero-order valence-corrected chi connectivity index (χ0v) is 18.5. The molecule has 33 heavy (non-hydrogen) atoms. The molecule has 1 fully saturated rings. The Morgan fingerprint density at radius 2 is 2.03 bits per heavy atom. The molecule has 1 aliphatic rings. The summed E-state index contributed by atoms with van der Waals surface area (Å²) in [6, 6.07) is 15.2. The number of H-pyrrole nitrogens is 1. The van der Waals surface area contributed by atoms with Gasteiger partial charge in [0.1, 0.15) is 17.3 Å². The van der Waals surface area contributed by atoms with E-state index in [4.69, 9.17) is 4.74 Å². The van der Waals surface area contributed by atoms with Crippen LogP contribution in [0.2, 0.25) is 0 Å². The van der Waals surface area contributed by atoms with Crippen LogP contribution in [0.15, 0.2) is 77.9 Å². The van der Waals surface area contributed by atoms with Crippen molar-refractivity contribution in [3.8, 4) is 16.9 Å². The van der Waals surface area contributed by atoms with Crippen LogP contribution in [0, 0.1) is 0 Å². The first-order valence-corrected chi connectivity index (χ1v) is 10.9. The quantitative estimate of drug-likeness (QED) is 0.346. The van der Waals surface area contributed by atoms with Gasteiger partial charge in [-0.15, -0.1) is 0 Å². The minimum Gasteiger partial charge on any atom is -0.493 e. The van der Waals surface area contributed by atoms with Crippen LogP contribution in [0.1, 0.15) is 6.42 Å². The van der Waals surface area contributed by atoms with Crippen LogP contribution in [0.3, 0.4) is 0 Å². The highest BCUT2D eigenvalue weighted by atomic mass is 16.5. The van der Waals surface area contributed by atoms with Gasteiger partial charge >= 0.3 is 0 Å². The van der Waals surface area contributed by atoms with E-state index in [2.05, 4.69) is 20.6 Å². The number of amides is 1. The number of anilines is 2. The Morgan fingerprint density at radius 1 is 1.21 bits per heavy atom. The van der Waals surface area contributed by atoms with Crippen molar-refractivity contribution in [1.82, 2.24) is 14.9 Å². The zero-order valence-electron chi connectivity index (χ0n) is 18.5. The maximum Gasteiger partial charge on any atom is 0.271 e. The van der Waals surface area contributed by atoms with Crippen LogP contribution < -0.4 is 20.9 Å². The fraction of sp³-hybridized carbons (Fsp3) is 0.240. The number of carbonyl (C=O) groups is 1. The molecule has 0 aliphatic carbocycles. The molecule has 3 N–H and O–H groups in total. The number of nitrogens with one attached hydrogen (secondary N) is 3. The Kier molecular flexibility index (Phi) is 7.04. The summed E-state index contributed by atoms with van der Waals surface area (Å²) in [6.45, 7) is 1.61. The van der Waals surface area contributed by atoms with Gasteiger partial charge in [0.25, 0.3) is 5.56 Å². The number of ether oxygens (including phenoxy) is 1. The molecule has 0 atom stereocenters. The molecule has 0 bridgehead atoms. The van der Waals surface area contributed by atoms with Gasteiger partial charge in [-0.25, -0.2) is 4.98 Å². The van der Waals surface area contributed by atoms with Gasteiger partial charge in [0.2, 0.25) is 5.91 Å². The van der Waals surface area contributed by atoms with Gasteiger partial charge in [-0.2, -0.15) is 0 Å². The summed E-state index contributed by atoms with van der Waals surface area (Å²) in [5, 5.41) is 6.26. The van der Waals surface area contributed by atoms with Crippen molar-refractivity contribution in [3.05, 3.63) is 83.4 Å². The van der Waals surface area contributed by atoms with E-state index in [9.17, 15) is 9.59 Å². The summed E-state index contributed by atoms with van der Waals surface area (Å²) in [5.74, 6) is 1.53. The van der Waals surface area contributed by atoms with Gasteiger partial charge in [0.15, 0.2) is 0 Å². The van der Waals surface area contributed by atoms with Crippen molar-refractivity contribution in [3.63, 3.8) is 0 Å². The number of para-hydroxylation sites is 1. The Balaban J connectivity index is 1.25. The standard InChI is InChI=1S/C25H27N5O3/c1-26-23-14-18(10-11-27-23)19-13-22(25(32)28-15-19)29-20-16-30(17-20)24(31)9-5-6-12-33-21-7-3-2-4-8-21/h2-5,7-11,13-15,20,29H,6,12,16-17H2,1H3,(H,26,27)(H,28,32)/b9-5+. The van der Waals surface area contributed by atoms with Crippen molar-refractivity contribution in [2.45, 2.75) is 12.5 Å². The third kappa shape index (κ3) is 5.79. The molecule has 2 aromatic heterocycles. The third-order valence-electron chi connectivity index (χ3n) is 5.36. The van der Waals surface area contributed by atoms with E-state index in [0.717, 1.165) is 22.7 Å². The molecular weight excluding hydrogens is 418 g/mol. The maximum absolute atomic E-state index is 12.3. The largest absolute Gasteiger partial charge is 0.493 e. The highest BCUT2D eigenvalue weighted by molar-refractivity contribution is 5.88. The lowest BCUT2D eigenvalue weighted by Gasteiger charge is -2.39. The molecule has 0 saturated carbocycles. The van der Waals surface area contributed by atoms with Crippen molar-refractivity contribution < 1.29 is 9.53 Å². The predicted molar refractivity (Wildman–Crippen MR) is 130 cm³/mol. The van der Waals surface area contributed by atoms with Crippen molar-refractivity contribution in [2.75, 3.05) is 37.4 Å². The number of aromatic nitrogens is 2. The number of hydrogen-bond acceptors (Lipinski definition) is 6. The summed E-state index contributed by atoms with van der Waals surface area (Å²) in [7, 11) is 1.81. The second kappa shape index (κ2) is 10.5. The molecule has 8 heteroatoms. The Morgan fingerprint density at radius 3 is 2.82 bits per heavy atom. The SMILES string of the molecule is CNc1cc(-c2c[nH]c(=O)c(NC3CN(C(=O)/C=C/CCOc4ccccc4)C3)c2)ccn1. The second-order valence-electron chi connectivity index (χ2n) is 7.75. The molecule has 1 saturated heterocycles. The van der Waals surface area contributed by atoms with Gasteiger partial charge in [-0.3, -0.25) is 9.59 Å². The number of rotatable bonds is 9. The molecule has 4 rings (SSSR count). The summed E-state index contributed by atoms with van der Waals surface area (Å²) in [6.07, 6.45) is 7.47. The van der Waals surface area contributed by atoms with Gasteiger partial charge in [0, 0.05) is 38.1 Å². The Hall–Kier alpha value is -4.07. The zero-order chi connectivity index (χ0) is 23.0. The normalized spacial score (nSPS) is 13.5. The Bertz CT molecular complexity index is 1170. The minimum absolute atomic E-state index is 0.0328. The monoisotopic (exact) mass is 445 g/mol. The van der Waals surface area contributed by atoms with E-state index >= 15 is 0 Å². The fourth-order valence-electron chi connectivity index (χ4n) is 3.53. The van der Waals surface area contributed by atoms with Crippen LogP contribution in [-0.4, -0.2) is 53.6 Å². The number of pyridine rings is 2. The average Bonchev–Trinajstić information content (AvgIpc) is 2.82. The lowest BCUT2D eigenvalue weighted by molar-refractivity contribution is -0.129. The fourth-order valence-corrected chi connectivity index (χ4v) is 3.53. The first-order valence-electron chi connectivity index (χ1n) is 10.9. The van der Waals surface area contributed by atoms with Crippen LogP contribution in [0.5, 0.6) is 5.75 Å². The van der Waals surface area contributed by atoms with E-state index in [1.807, 2.05) is 61.7 Å². The van der Waals surface area contributed by atoms with E-state index in [1.54, 1.807) is 23.4 Å². The molecule has 1 aromatic carbocycles. The summed E-state index contributed by atoms with van der Waals surface area (Å²) in [5.41, 5.74) is 2.12.